The molecule has 2 N–H and O–H groups in total. The van der Waals surface area contributed by atoms with Crippen LogP contribution in [-0.4, -0.2) is 6.03 Å². The predicted octanol–water partition coefficient (Wildman–Crippen LogP) is 1.77. The van der Waals surface area contributed by atoms with Crippen molar-refractivity contribution in [2.75, 3.05) is 0 Å². The minimum absolute atomic E-state index is 0.289. The van der Waals surface area contributed by atoms with E-state index in [4.69, 9.17) is 0 Å². The smallest absolute Gasteiger partial charge is 0.319 e. The summed E-state index contributed by atoms with van der Waals surface area (Å²) < 4.78 is 12.7. The van der Waals surface area contributed by atoms with Gasteiger partial charge in [0.1, 0.15) is 5.82 Å². The van der Waals surface area contributed by atoms with Gasteiger partial charge in [-0.2, -0.15) is 0 Å². The number of carbonyl (C=O) groups is 1. The third-order valence-corrected chi connectivity index (χ3v) is 1.58. The number of benzene rings is 1. The number of halogens is 1. The van der Waals surface area contributed by atoms with Crippen molar-refractivity contribution in [2.45, 2.75) is 6.54 Å². The van der Waals surface area contributed by atoms with Crippen molar-refractivity contribution < 1.29 is 9.18 Å². The van der Waals surface area contributed by atoms with Crippen LogP contribution in [0.4, 0.5) is 9.18 Å². The maximum absolute atomic E-state index is 12.7. The molecule has 0 spiro atoms. The van der Waals surface area contributed by atoms with Gasteiger partial charge in [-0.25, -0.2) is 9.18 Å². The molecule has 0 aliphatic heterocycles. The number of carbonyl (C=O) groups excluding carboxylic acids is 1. The van der Waals surface area contributed by atoms with Crippen LogP contribution in [0.15, 0.2) is 37.0 Å². The van der Waals surface area contributed by atoms with Gasteiger partial charge in [0.05, 0.1) is 0 Å². The second kappa shape index (κ2) is 5.01. The Balaban J connectivity index is 2.45. The molecule has 0 unspecified atom stereocenters. The van der Waals surface area contributed by atoms with Crippen molar-refractivity contribution in [3.63, 3.8) is 0 Å². The van der Waals surface area contributed by atoms with Gasteiger partial charge in [0, 0.05) is 6.54 Å². The molecule has 0 bridgehead atoms. The molecule has 1 aromatic carbocycles. The van der Waals surface area contributed by atoms with Crippen molar-refractivity contribution in [1.29, 1.82) is 0 Å². The van der Waals surface area contributed by atoms with Crippen LogP contribution in [0.3, 0.4) is 0 Å². The van der Waals surface area contributed by atoms with Gasteiger partial charge in [-0.1, -0.05) is 18.7 Å². The molecule has 0 aliphatic carbocycles. The molecule has 74 valence electrons. The SMILES string of the molecule is C=CNC(=O)NCc1cccc(F)c1. The minimum atomic E-state index is -0.357. The quantitative estimate of drug-likeness (QED) is 0.756. The van der Waals surface area contributed by atoms with E-state index < -0.39 is 0 Å². The average molecular weight is 194 g/mol. The van der Waals surface area contributed by atoms with Crippen molar-refractivity contribution >= 4 is 6.03 Å². The summed E-state index contributed by atoms with van der Waals surface area (Å²) in [6.07, 6.45) is 1.28. The Kier molecular flexibility index (Phi) is 3.67. The highest BCUT2D eigenvalue weighted by Gasteiger charge is 1.98. The number of hydrogen-bond acceptors (Lipinski definition) is 1. The van der Waals surface area contributed by atoms with Crippen molar-refractivity contribution in [3.05, 3.63) is 48.4 Å². The van der Waals surface area contributed by atoms with E-state index in [2.05, 4.69) is 17.2 Å². The lowest BCUT2D eigenvalue weighted by atomic mass is 10.2. The fourth-order valence-corrected chi connectivity index (χ4v) is 0.973. The number of rotatable bonds is 3. The number of urea groups is 1. The molecule has 0 saturated heterocycles. The van der Waals surface area contributed by atoms with E-state index in [0.717, 1.165) is 0 Å². The molecule has 0 aliphatic rings. The fourth-order valence-electron chi connectivity index (χ4n) is 0.973. The summed E-state index contributed by atoms with van der Waals surface area (Å²) >= 11 is 0. The van der Waals surface area contributed by atoms with Crippen LogP contribution in [0, 0.1) is 5.82 Å². The Morgan fingerprint density at radius 1 is 1.57 bits per heavy atom. The summed E-state index contributed by atoms with van der Waals surface area (Å²) in [5.74, 6) is -0.312. The summed E-state index contributed by atoms with van der Waals surface area (Å²) in [4.78, 5) is 10.9. The van der Waals surface area contributed by atoms with Crippen LogP contribution in [0.1, 0.15) is 5.56 Å². The van der Waals surface area contributed by atoms with E-state index in [1.807, 2.05) is 0 Å². The molecule has 0 heterocycles. The fraction of sp³-hybridized carbons (Fsp3) is 0.100. The van der Waals surface area contributed by atoms with Gasteiger partial charge >= 0.3 is 6.03 Å². The molecule has 0 fully saturated rings. The zero-order valence-corrected chi connectivity index (χ0v) is 7.59. The summed E-state index contributed by atoms with van der Waals surface area (Å²) in [6.45, 7) is 3.63. The highest BCUT2D eigenvalue weighted by Crippen LogP contribution is 2.02. The van der Waals surface area contributed by atoms with Crippen LogP contribution >= 0.6 is 0 Å². The molecule has 0 aromatic heterocycles. The first-order valence-corrected chi connectivity index (χ1v) is 4.12. The second-order valence-corrected chi connectivity index (χ2v) is 2.66. The summed E-state index contributed by atoms with van der Waals surface area (Å²) in [5, 5.41) is 4.89. The van der Waals surface area contributed by atoms with Gasteiger partial charge in [0.2, 0.25) is 0 Å². The van der Waals surface area contributed by atoms with E-state index in [1.54, 1.807) is 12.1 Å². The monoisotopic (exact) mass is 194 g/mol. The normalized spacial score (nSPS) is 9.21. The summed E-state index contributed by atoms with van der Waals surface area (Å²) in [5.41, 5.74) is 0.712. The van der Waals surface area contributed by atoms with E-state index in [1.165, 1.54) is 18.3 Å². The Bertz CT molecular complexity index is 339. The molecule has 1 rings (SSSR count). The first kappa shape index (κ1) is 10.2. The second-order valence-electron chi connectivity index (χ2n) is 2.66. The van der Waals surface area contributed by atoms with Crippen LogP contribution in [0.2, 0.25) is 0 Å². The summed E-state index contributed by atoms with van der Waals surface area (Å²) in [7, 11) is 0. The highest BCUT2D eigenvalue weighted by atomic mass is 19.1. The average Bonchev–Trinajstić information content (AvgIpc) is 2.15. The number of nitrogens with one attached hydrogen (secondary N) is 2. The minimum Gasteiger partial charge on any atom is -0.334 e. The Hall–Kier alpha value is -1.84. The van der Waals surface area contributed by atoms with Gasteiger partial charge < -0.3 is 10.6 Å². The molecule has 4 heteroatoms. The maximum Gasteiger partial charge on any atom is 0.319 e. The maximum atomic E-state index is 12.7. The lowest BCUT2D eigenvalue weighted by Gasteiger charge is -2.04. The molecule has 1 aromatic rings. The van der Waals surface area contributed by atoms with Gasteiger partial charge in [-0.3, -0.25) is 0 Å². The van der Waals surface area contributed by atoms with Crippen LogP contribution in [0.25, 0.3) is 0 Å². The zero-order chi connectivity index (χ0) is 10.4. The third kappa shape index (κ3) is 3.26. The molecule has 2 amide bonds. The van der Waals surface area contributed by atoms with Crippen LogP contribution in [0.5, 0.6) is 0 Å². The van der Waals surface area contributed by atoms with Crippen molar-refractivity contribution in [2.24, 2.45) is 0 Å². The topological polar surface area (TPSA) is 41.1 Å². The van der Waals surface area contributed by atoms with Gasteiger partial charge in [-0.05, 0) is 23.9 Å². The first-order valence-electron chi connectivity index (χ1n) is 4.12. The standard InChI is InChI=1S/C10H11FN2O/c1-2-12-10(14)13-7-8-4-3-5-9(11)6-8/h2-6H,1,7H2,(H2,12,13,14). The lowest BCUT2D eigenvalue weighted by Crippen LogP contribution is -2.31. The molecule has 0 radical (unpaired) electrons. The van der Waals surface area contributed by atoms with E-state index in [9.17, 15) is 9.18 Å². The number of hydrogen-bond donors (Lipinski definition) is 2. The van der Waals surface area contributed by atoms with E-state index in [-0.39, 0.29) is 18.4 Å². The Morgan fingerprint density at radius 2 is 2.36 bits per heavy atom. The van der Waals surface area contributed by atoms with Crippen LogP contribution in [-0.2, 0) is 6.54 Å². The Labute approximate surface area is 81.6 Å². The van der Waals surface area contributed by atoms with Crippen molar-refractivity contribution in [3.8, 4) is 0 Å². The van der Waals surface area contributed by atoms with E-state index in [0.29, 0.717) is 5.56 Å². The van der Waals surface area contributed by atoms with Gasteiger partial charge in [0.15, 0.2) is 0 Å². The summed E-state index contributed by atoms with van der Waals surface area (Å²) in [6, 6.07) is 5.69. The van der Waals surface area contributed by atoms with Gasteiger partial charge in [0.25, 0.3) is 0 Å². The Morgan fingerprint density at radius 3 is 3.00 bits per heavy atom. The predicted molar refractivity (Wildman–Crippen MR) is 52.0 cm³/mol. The molecular formula is C10H11FN2O. The zero-order valence-electron chi connectivity index (χ0n) is 7.59. The van der Waals surface area contributed by atoms with E-state index >= 15 is 0 Å². The van der Waals surface area contributed by atoms with Crippen LogP contribution < -0.4 is 10.6 Å². The molecular weight excluding hydrogens is 183 g/mol. The highest BCUT2D eigenvalue weighted by molar-refractivity contribution is 5.74. The first-order chi connectivity index (χ1) is 6.72. The van der Waals surface area contributed by atoms with Crippen molar-refractivity contribution in [1.82, 2.24) is 10.6 Å². The van der Waals surface area contributed by atoms with Gasteiger partial charge in [-0.15, -0.1) is 0 Å². The molecule has 3 nitrogen and oxygen atoms in total. The third-order valence-electron chi connectivity index (χ3n) is 1.58. The molecule has 0 atom stereocenters. The molecule has 0 saturated carbocycles. The number of amides is 2. The molecule has 14 heavy (non-hydrogen) atoms. The largest absolute Gasteiger partial charge is 0.334 e. The lowest BCUT2D eigenvalue weighted by molar-refractivity contribution is 0.244.